The Morgan fingerprint density at radius 1 is 1.19 bits per heavy atom. The van der Waals surface area contributed by atoms with E-state index in [-0.39, 0.29) is 21.7 Å². The van der Waals surface area contributed by atoms with Crippen LogP contribution in [-0.4, -0.2) is 37.9 Å². The topological polar surface area (TPSA) is 114 Å². The number of aromatic nitrogens is 1. The molecule has 0 bridgehead atoms. The number of pyridine rings is 1. The number of hydrogen-bond donors (Lipinski definition) is 2. The highest BCUT2D eigenvalue weighted by molar-refractivity contribution is 7.89. The second-order valence-corrected chi connectivity index (χ2v) is 7.96. The van der Waals surface area contributed by atoms with Crippen LogP contribution in [0.2, 0.25) is 5.15 Å². The van der Waals surface area contributed by atoms with Gasteiger partial charge in [-0.1, -0.05) is 11.6 Å². The van der Waals surface area contributed by atoms with Crippen LogP contribution in [0.5, 0.6) is 0 Å². The van der Waals surface area contributed by atoms with Crippen LogP contribution in [0, 0.1) is 0 Å². The van der Waals surface area contributed by atoms with Gasteiger partial charge in [-0.15, -0.1) is 0 Å². The Bertz CT molecular complexity index is 959. The van der Waals surface area contributed by atoms with Crippen LogP contribution in [0.25, 0.3) is 0 Å². The van der Waals surface area contributed by atoms with E-state index < -0.39 is 28.5 Å². The number of hydrogen-bond acceptors (Lipinski definition) is 6. The van der Waals surface area contributed by atoms with Crippen molar-refractivity contribution in [2.45, 2.75) is 23.8 Å². The molecule has 1 saturated carbocycles. The lowest BCUT2D eigenvalue weighted by Gasteiger charge is -2.08. The normalized spacial score (nSPS) is 13.8. The van der Waals surface area contributed by atoms with Gasteiger partial charge in [-0.25, -0.2) is 22.9 Å². The van der Waals surface area contributed by atoms with Crippen molar-refractivity contribution in [2.75, 3.05) is 11.9 Å². The molecule has 142 valence electrons. The van der Waals surface area contributed by atoms with E-state index in [1.807, 2.05) is 0 Å². The molecule has 1 amide bonds. The lowest BCUT2D eigenvalue weighted by molar-refractivity contribution is -0.119. The SMILES string of the molecule is O=C(COC(=O)c1ccc(S(=O)(=O)NC2CC2)cc1)Nc1cccnc1Cl. The molecule has 27 heavy (non-hydrogen) atoms. The number of carbonyl (C=O) groups excluding carboxylic acids is 2. The maximum absolute atomic E-state index is 12.1. The van der Waals surface area contributed by atoms with Crippen LogP contribution in [0.15, 0.2) is 47.5 Å². The minimum absolute atomic E-state index is 0.00790. The summed E-state index contributed by atoms with van der Waals surface area (Å²) in [4.78, 5) is 27.7. The molecule has 10 heteroatoms. The van der Waals surface area contributed by atoms with E-state index in [1.54, 1.807) is 12.1 Å². The van der Waals surface area contributed by atoms with Gasteiger partial charge in [0.05, 0.1) is 16.1 Å². The van der Waals surface area contributed by atoms with Crippen LogP contribution in [0.3, 0.4) is 0 Å². The van der Waals surface area contributed by atoms with E-state index in [9.17, 15) is 18.0 Å². The van der Waals surface area contributed by atoms with Gasteiger partial charge in [0.15, 0.2) is 11.8 Å². The van der Waals surface area contributed by atoms with Gasteiger partial charge in [0, 0.05) is 12.2 Å². The van der Waals surface area contributed by atoms with Gasteiger partial charge in [0.25, 0.3) is 5.91 Å². The standard InChI is InChI=1S/C17H16ClN3O5S/c18-16-14(2-1-9-19-16)20-15(22)10-26-17(23)11-3-7-13(8-4-11)27(24,25)21-12-5-6-12/h1-4,7-9,12,21H,5-6,10H2,(H,20,22). The zero-order chi connectivity index (χ0) is 19.4. The number of nitrogens with one attached hydrogen (secondary N) is 2. The first-order valence-corrected chi connectivity index (χ1v) is 9.91. The molecule has 0 unspecified atom stereocenters. The summed E-state index contributed by atoms with van der Waals surface area (Å²) < 4.78 is 31.6. The summed E-state index contributed by atoms with van der Waals surface area (Å²) in [6.45, 7) is -0.520. The summed E-state index contributed by atoms with van der Waals surface area (Å²) in [5.41, 5.74) is 0.436. The molecule has 1 aromatic carbocycles. The quantitative estimate of drug-likeness (QED) is 0.533. The van der Waals surface area contributed by atoms with E-state index in [1.165, 1.54) is 30.5 Å². The first kappa shape index (κ1) is 19.3. The molecule has 8 nitrogen and oxygen atoms in total. The third-order valence-electron chi connectivity index (χ3n) is 3.67. The fraction of sp³-hybridized carbons (Fsp3) is 0.235. The lowest BCUT2D eigenvalue weighted by Crippen LogP contribution is -2.25. The summed E-state index contributed by atoms with van der Waals surface area (Å²) in [6, 6.07) is 8.45. The van der Waals surface area contributed by atoms with Crippen LogP contribution in [0.4, 0.5) is 5.69 Å². The zero-order valence-electron chi connectivity index (χ0n) is 14.0. The summed E-state index contributed by atoms with van der Waals surface area (Å²) in [5, 5.41) is 2.59. The van der Waals surface area contributed by atoms with Crippen molar-refractivity contribution in [3.63, 3.8) is 0 Å². The number of anilines is 1. The van der Waals surface area contributed by atoms with Gasteiger partial charge in [-0.05, 0) is 49.2 Å². The highest BCUT2D eigenvalue weighted by Gasteiger charge is 2.28. The predicted molar refractivity (Wildman–Crippen MR) is 97.9 cm³/mol. The van der Waals surface area contributed by atoms with Crippen molar-refractivity contribution < 1.29 is 22.7 Å². The van der Waals surface area contributed by atoms with Crippen molar-refractivity contribution in [3.8, 4) is 0 Å². The number of sulfonamides is 1. The third kappa shape index (κ3) is 5.25. The highest BCUT2D eigenvalue weighted by Crippen LogP contribution is 2.22. The molecule has 0 radical (unpaired) electrons. The number of halogens is 1. The van der Waals surface area contributed by atoms with Gasteiger partial charge in [0.1, 0.15) is 0 Å². The highest BCUT2D eigenvalue weighted by atomic mass is 35.5. The summed E-state index contributed by atoms with van der Waals surface area (Å²) >= 11 is 5.83. The van der Waals surface area contributed by atoms with Gasteiger partial charge in [-0.3, -0.25) is 4.79 Å². The molecule has 1 fully saturated rings. The number of amides is 1. The number of nitrogens with zero attached hydrogens (tertiary/aromatic N) is 1. The number of ether oxygens (including phenoxy) is 1. The van der Waals surface area contributed by atoms with Crippen molar-refractivity contribution >= 4 is 39.2 Å². The fourth-order valence-corrected chi connectivity index (χ4v) is 3.61. The minimum Gasteiger partial charge on any atom is -0.452 e. The molecule has 1 heterocycles. The summed E-state index contributed by atoms with van der Waals surface area (Å²) in [5.74, 6) is -1.33. The van der Waals surface area contributed by atoms with E-state index >= 15 is 0 Å². The Balaban J connectivity index is 1.55. The van der Waals surface area contributed by atoms with Gasteiger partial charge < -0.3 is 10.1 Å². The van der Waals surface area contributed by atoms with Crippen molar-refractivity contribution in [3.05, 3.63) is 53.3 Å². The van der Waals surface area contributed by atoms with Crippen molar-refractivity contribution in [2.24, 2.45) is 0 Å². The van der Waals surface area contributed by atoms with Crippen LogP contribution >= 0.6 is 11.6 Å². The summed E-state index contributed by atoms with van der Waals surface area (Å²) in [7, 11) is -3.59. The monoisotopic (exact) mass is 409 g/mol. The smallest absolute Gasteiger partial charge is 0.338 e. The Labute approximate surface area is 160 Å². The van der Waals surface area contributed by atoms with Crippen molar-refractivity contribution in [1.82, 2.24) is 9.71 Å². The molecule has 0 saturated heterocycles. The van der Waals surface area contributed by atoms with Crippen LogP contribution in [-0.2, 0) is 19.6 Å². The van der Waals surface area contributed by atoms with E-state index in [0.717, 1.165) is 12.8 Å². The molecule has 0 atom stereocenters. The average molecular weight is 410 g/mol. The molecule has 2 N–H and O–H groups in total. The lowest BCUT2D eigenvalue weighted by atomic mass is 10.2. The molecule has 0 spiro atoms. The number of esters is 1. The number of rotatable bonds is 7. The predicted octanol–water partition coefficient (Wildman–Crippen LogP) is 1.97. The molecule has 1 aliphatic rings. The minimum atomic E-state index is -3.59. The summed E-state index contributed by atoms with van der Waals surface area (Å²) in [6.07, 6.45) is 3.13. The number of carbonyl (C=O) groups is 2. The fourth-order valence-electron chi connectivity index (χ4n) is 2.14. The molecule has 1 aliphatic carbocycles. The van der Waals surface area contributed by atoms with Crippen LogP contribution < -0.4 is 10.0 Å². The Morgan fingerprint density at radius 2 is 1.89 bits per heavy atom. The molecule has 2 aromatic rings. The Morgan fingerprint density at radius 3 is 2.52 bits per heavy atom. The first-order chi connectivity index (χ1) is 12.8. The Hall–Kier alpha value is -2.49. The molecular formula is C17H16ClN3O5S. The van der Waals surface area contributed by atoms with Crippen LogP contribution in [0.1, 0.15) is 23.2 Å². The van der Waals surface area contributed by atoms with E-state index in [4.69, 9.17) is 16.3 Å². The van der Waals surface area contributed by atoms with Gasteiger partial charge in [0.2, 0.25) is 10.0 Å². The third-order valence-corrected chi connectivity index (χ3v) is 5.50. The zero-order valence-corrected chi connectivity index (χ0v) is 15.6. The second-order valence-electron chi connectivity index (χ2n) is 5.89. The largest absolute Gasteiger partial charge is 0.452 e. The number of benzene rings is 1. The average Bonchev–Trinajstić information content (AvgIpc) is 3.45. The molecular weight excluding hydrogens is 394 g/mol. The molecule has 1 aromatic heterocycles. The maximum Gasteiger partial charge on any atom is 0.338 e. The Kier molecular flexibility index (Phi) is 5.73. The maximum atomic E-state index is 12.1. The van der Waals surface area contributed by atoms with Crippen molar-refractivity contribution in [1.29, 1.82) is 0 Å². The van der Waals surface area contributed by atoms with Gasteiger partial charge in [-0.2, -0.15) is 0 Å². The molecule has 3 rings (SSSR count). The molecule has 0 aliphatic heterocycles. The van der Waals surface area contributed by atoms with E-state index in [2.05, 4.69) is 15.0 Å². The van der Waals surface area contributed by atoms with E-state index in [0.29, 0.717) is 5.69 Å². The second kappa shape index (κ2) is 8.03. The first-order valence-electron chi connectivity index (χ1n) is 8.05. The van der Waals surface area contributed by atoms with Gasteiger partial charge >= 0.3 is 5.97 Å².